The number of hydrogen-bond acceptors (Lipinski definition) is 5. The molecule has 5 nitrogen and oxygen atoms in total. The van der Waals surface area contributed by atoms with Gasteiger partial charge in [-0.2, -0.15) is 0 Å². The molecule has 0 bridgehead atoms. The number of aryl methyl sites for hydroxylation is 1. The molecule has 2 heterocycles. The maximum Gasteiger partial charge on any atom is 0.250 e. The van der Waals surface area contributed by atoms with Crippen molar-refractivity contribution >= 4 is 28.5 Å². The van der Waals surface area contributed by atoms with Crippen LogP contribution in [0, 0.1) is 6.92 Å². The molecular weight excluding hydrogens is 288 g/mol. The minimum atomic E-state index is -0.209. The Labute approximate surface area is 126 Å². The number of ether oxygens (including phenoxy) is 2. The Morgan fingerprint density at radius 2 is 2.14 bits per heavy atom. The molecule has 2 aromatic rings. The summed E-state index contributed by atoms with van der Waals surface area (Å²) in [6, 6.07) is 5.58. The molecule has 0 aliphatic carbocycles. The normalized spacial score (nSPS) is 13.4. The standard InChI is InChI=1S/C15H14N2O3S/c1-10-9-16-15(21-10)17-14(18)5-3-11-2-4-12-13(8-11)20-7-6-19-12/h2-5,8-9H,6-7H2,1H3,(H,16,17,18). The lowest BCUT2D eigenvalue weighted by molar-refractivity contribution is -0.111. The third kappa shape index (κ3) is 3.41. The Hall–Kier alpha value is -2.34. The van der Waals surface area contributed by atoms with Crippen LogP contribution in [0.2, 0.25) is 0 Å². The van der Waals surface area contributed by atoms with E-state index in [2.05, 4.69) is 10.3 Å². The van der Waals surface area contributed by atoms with Gasteiger partial charge in [0.15, 0.2) is 16.6 Å². The fourth-order valence-electron chi connectivity index (χ4n) is 1.90. The number of nitrogens with zero attached hydrogens (tertiary/aromatic N) is 1. The Morgan fingerprint density at radius 1 is 1.33 bits per heavy atom. The van der Waals surface area contributed by atoms with E-state index in [9.17, 15) is 4.79 Å². The van der Waals surface area contributed by atoms with Gasteiger partial charge in [-0.15, -0.1) is 11.3 Å². The number of nitrogens with one attached hydrogen (secondary N) is 1. The number of carbonyl (C=O) groups is 1. The maximum atomic E-state index is 11.8. The first-order chi connectivity index (χ1) is 10.2. The summed E-state index contributed by atoms with van der Waals surface area (Å²) in [5, 5.41) is 3.32. The number of fused-ring (bicyclic) bond motifs is 1. The molecule has 1 aliphatic rings. The lowest BCUT2D eigenvalue weighted by atomic mass is 10.2. The number of rotatable bonds is 3. The van der Waals surface area contributed by atoms with E-state index in [0.717, 1.165) is 16.2 Å². The first kappa shape index (κ1) is 13.6. The second kappa shape index (κ2) is 5.97. The van der Waals surface area contributed by atoms with Crippen LogP contribution in [0.5, 0.6) is 11.5 Å². The Balaban J connectivity index is 1.66. The SMILES string of the molecule is Cc1cnc(NC(=O)C=Cc2ccc3c(c2)OCCO3)s1. The number of hydrogen-bond donors (Lipinski definition) is 1. The van der Waals surface area contributed by atoms with Crippen molar-refractivity contribution in [2.75, 3.05) is 18.5 Å². The van der Waals surface area contributed by atoms with E-state index in [1.807, 2.05) is 25.1 Å². The number of benzene rings is 1. The first-order valence-corrected chi connectivity index (χ1v) is 7.33. The minimum absolute atomic E-state index is 0.209. The average Bonchev–Trinajstić information content (AvgIpc) is 2.90. The van der Waals surface area contributed by atoms with Gasteiger partial charge >= 0.3 is 0 Å². The highest BCUT2D eigenvalue weighted by atomic mass is 32.1. The Morgan fingerprint density at radius 3 is 2.90 bits per heavy atom. The largest absolute Gasteiger partial charge is 0.486 e. The van der Waals surface area contributed by atoms with Gasteiger partial charge in [0.2, 0.25) is 5.91 Å². The molecule has 0 unspecified atom stereocenters. The van der Waals surface area contributed by atoms with Gasteiger partial charge in [0.25, 0.3) is 0 Å². The highest BCUT2D eigenvalue weighted by Gasteiger charge is 2.10. The molecule has 0 spiro atoms. The van der Waals surface area contributed by atoms with Crippen LogP contribution in [0.3, 0.4) is 0 Å². The summed E-state index contributed by atoms with van der Waals surface area (Å²) in [6.07, 6.45) is 4.93. The van der Waals surface area contributed by atoms with Crippen LogP contribution in [-0.2, 0) is 4.79 Å². The summed E-state index contributed by atoms with van der Waals surface area (Å²) in [6.45, 7) is 3.06. The van der Waals surface area contributed by atoms with Gasteiger partial charge in [-0.1, -0.05) is 6.07 Å². The van der Waals surface area contributed by atoms with E-state index in [-0.39, 0.29) is 5.91 Å². The van der Waals surface area contributed by atoms with Crippen molar-refractivity contribution in [1.29, 1.82) is 0 Å². The van der Waals surface area contributed by atoms with E-state index in [4.69, 9.17) is 9.47 Å². The molecule has 0 saturated carbocycles. The fraction of sp³-hybridized carbons (Fsp3) is 0.200. The molecule has 1 aromatic heterocycles. The highest BCUT2D eigenvalue weighted by Crippen LogP contribution is 2.31. The molecule has 0 fully saturated rings. The third-order valence-electron chi connectivity index (χ3n) is 2.84. The highest BCUT2D eigenvalue weighted by molar-refractivity contribution is 7.15. The number of carbonyl (C=O) groups excluding carboxylic acids is 1. The predicted molar refractivity (Wildman–Crippen MR) is 81.9 cm³/mol. The summed E-state index contributed by atoms with van der Waals surface area (Å²) >= 11 is 1.44. The second-order valence-electron chi connectivity index (χ2n) is 4.50. The summed E-state index contributed by atoms with van der Waals surface area (Å²) in [4.78, 5) is 16.9. The van der Waals surface area contributed by atoms with Gasteiger partial charge in [-0.25, -0.2) is 4.98 Å². The van der Waals surface area contributed by atoms with E-state index in [0.29, 0.717) is 24.1 Å². The molecule has 6 heteroatoms. The van der Waals surface area contributed by atoms with Gasteiger partial charge in [0.05, 0.1) is 0 Å². The molecule has 21 heavy (non-hydrogen) atoms. The lowest BCUT2D eigenvalue weighted by Crippen LogP contribution is -2.15. The number of aromatic nitrogens is 1. The number of amides is 1. The molecule has 1 N–H and O–H groups in total. The van der Waals surface area contributed by atoms with Gasteiger partial charge in [-0.05, 0) is 30.7 Å². The van der Waals surface area contributed by atoms with Gasteiger partial charge < -0.3 is 9.47 Å². The predicted octanol–water partition coefficient (Wildman–Crippen LogP) is 2.87. The third-order valence-corrected chi connectivity index (χ3v) is 3.67. The second-order valence-corrected chi connectivity index (χ2v) is 5.74. The number of anilines is 1. The van der Waals surface area contributed by atoms with E-state index >= 15 is 0 Å². The summed E-state index contributed by atoms with van der Waals surface area (Å²) < 4.78 is 11.0. The monoisotopic (exact) mass is 302 g/mol. The molecule has 1 amide bonds. The van der Waals surface area contributed by atoms with E-state index in [1.165, 1.54) is 17.4 Å². The molecule has 108 valence electrons. The van der Waals surface area contributed by atoms with Crippen molar-refractivity contribution in [3.63, 3.8) is 0 Å². The molecule has 3 rings (SSSR count). The first-order valence-electron chi connectivity index (χ1n) is 6.52. The molecule has 1 aliphatic heterocycles. The van der Waals surface area contributed by atoms with Crippen molar-refractivity contribution in [2.45, 2.75) is 6.92 Å². The van der Waals surface area contributed by atoms with Crippen LogP contribution in [0.15, 0.2) is 30.5 Å². The smallest absolute Gasteiger partial charge is 0.250 e. The summed E-state index contributed by atoms with van der Waals surface area (Å²) in [5.74, 6) is 1.24. The lowest BCUT2D eigenvalue weighted by Gasteiger charge is -2.18. The van der Waals surface area contributed by atoms with Crippen LogP contribution in [0.25, 0.3) is 6.08 Å². The minimum Gasteiger partial charge on any atom is -0.486 e. The summed E-state index contributed by atoms with van der Waals surface area (Å²) in [5.41, 5.74) is 0.879. The van der Waals surface area contributed by atoms with Gasteiger partial charge in [0.1, 0.15) is 13.2 Å². The van der Waals surface area contributed by atoms with Crippen molar-refractivity contribution in [3.8, 4) is 11.5 Å². The quantitative estimate of drug-likeness (QED) is 0.886. The van der Waals surface area contributed by atoms with Crippen LogP contribution in [0.1, 0.15) is 10.4 Å². The van der Waals surface area contributed by atoms with Crippen LogP contribution in [-0.4, -0.2) is 24.1 Å². The molecule has 0 radical (unpaired) electrons. The zero-order valence-electron chi connectivity index (χ0n) is 11.5. The molecule has 0 atom stereocenters. The Bertz CT molecular complexity index is 694. The number of thiazole rings is 1. The van der Waals surface area contributed by atoms with Crippen molar-refractivity contribution in [2.24, 2.45) is 0 Å². The maximum absolute atomic E-state index is 11.8. The van der Waals surface area contributed by atoms with Crippen LogP contribution in [0.4, 0.5) is 5.13 Å². The summed E-state index contributed by atoms with van der Waals surface area (Å²) in [7, 11) is 0. The van der Waals surface area contributed by atoms with Crippen molar-refractivity contribution in [1.82, 2.24) is 4.98 Å². The van der Waals surface area contributed by atoms with Crippen LogP contribution >= 0.6 is 11.3 Å². The van der Waals surface area contributed by atoms with Crippen molar-refractivity contribution < 1.29 is 14.3 Å². The molecule has 0 saturated heterocycles. The zero-order valence-corrected chi connectivity index (χ0v) is 12.3. The fourth-order valence-corrected chi connectivity index (χ4v) is 2.56. The average molecular weight is 302 g/mol. The van der Waals surface area contributed by atoms with Crippen LogP contribution < -0.4 is 14.8 Å². The molecule has 1 aromatic carbocycles. The van der Waals surface area contributed by atoms with E-state index < -0.39 is 0 Å². The van der Waals surface area contributed by atoms with Gasteiger partial charge in [0, 0.05) is 17.2 Å². The van der Waals surface area contributed by atoms with E-state index in [1.54, 1.807) is 12.3 Å². The Kier molecular flexibility index (Phi) is 3.87. The van der Waals surface area contributed by atoms with Crippen molar-refractivity contribution in [3.05, 3.63) is 40.9 Å². The molecular formula is C15H14N2O3S. The zero-order chi connectivity index (χ0) is 14.7. The topological polar surface area (TPSA) is 60.5 Å². The van der Waals surface area contributed by atoms with Gasteiger partial charge in [-0.3, -0.25) is 10.1 Å².